The second kappa shape index (κ2) is 16.3. The van der Waals surface area contributed by atoms with E-state index in [-0.39, 0.29) is 35.8 Å². The predicted molar refractivity (Wildman–Crippen MR) is 229 cm³/mol. The van der Waals surface area contributed by atoms with Crippen molar-refractivity contribution < 1.29 is 38.1 Å². The Morgan fingerprint density at radius 2 is 1.69 bits per heavy atom. The number of fused-ring (bicyclic) bond motifs is 2. The number of carbonyl (C=O) groups excluding carboxylic acids is 1. The Labute approximate surface area is 354 Å². The van der Waals surface area contributed by atoms with Crippen LogP contribution in [0.4, 0.5) is 5.69 Å². The number of nitrogens with zero attached hydrogens (tertiary/aromatic N) is 3. The number of benzene rings is 3. The quantitative estimate of drug-likeness (QED) is 0.208. The normalized spacial score (nSPS) is 33.0. The number of aliphatic carboxylic acids is 1. The van der Waals surface area contributed by atoms with E-state index in [9.17, 15) is 28.2 Å². The van der Waals surface area contributed by atoms with Crippen molar-refractivity contribution in [1.82, 2.24) is 9.80 Å². The van der Waals surface area contributed by atoms with Crippen molar-refractivity contribution in [1.29, 1.82) is 0 Å². The molecule has 6 heterocycles. The molecular weight excluding hydrogens is 790 g/mol. The van der Waals surface area contributed by atoms with Gasteiger partial charge >= 0.3 is 5.97 Å². The van der Waals surface area contributed by atoms with Crippen LogP contribution in [0.3, 0.4) is 0 Å². The molecule has 11 atom stereocenters. The molecule has 0 radical (unpaired) electrons. The van der Waals surface area contributed by atoms with Gasteiger partial charge in [0.15, 0.2) is 15.2 Å². The number of anilines is 1. The van der Waals surface area contributed by atoms with Crippen LogP contribution in [0.1, 0.15) is 86.9 Å². The van der Waals surface area contributed by atoms with Crippen molar-refractivity contribution in [3.8, 4) is 5.75 Å². The number of halogens is 1. The average molecular weight is 851 g/mol. The van der Waals surface area contributed by atoms with Gasteiger partial charge in [-0.05, 0) is 112 Å². The fourth-order valence-corrected chi connectivity index (χ4v) is 13.5. The molecular formula is C46H60ClN3O8S. The Kier molecular flexibility index (Phi) is 12.0. The van der Waals surface area contributed by atoms with E-state index in [4.69, 9.17) is 21.4 Å². The van der Waals surface area contributed by atoms with E-state index < -0.39 is 26.6 Å². The molecule has 5 saturated heterocycles. The predicted octanol–water partition coefficient (Wildman–Crippen LogP) is 6.74. The Morgan fingerprint density at radius 1 is 1.00 bits per heavy atom. The second-order valence-electron chi connectivity index (χ2n) is 18.2. The zero-order valence-electron chi connectivity index (χ0n) is 35.2. The van der Waals surface area contributed by atoms with E-state index in [1.54, 1.807) is 38.1 Å². The summed E-state index contributed by atoms with van der Waals surface area (Å²) >= 11 is 5.76. The summed E-state index contributed by atoms with van der Waals surface area (Å²) in [4.78, 5) is 28.6. The van der Waals surface area contributed by atoms with Gasteiger partial charge in [-0.25, -0.2) is 8.42 Å². The van der Waals surface area contributed by atoms with Crippen LogP contribution in [0, 0.1) is 37.0 Å². The van der Waals surface area contributed by atoms with Gasteiger partial charge in [0.1, 0.15) is 12.0 Å². The van der Waals surface area contributed by atoms with Crippen LogP contribution in [0.25, 0.3) is 0 Å². The highest BCUT2D eigenvalue weighted by Gasteiger charge is 2.76. The van der Waals surface area contributed by atoms with Gasteiger partial charge in [0.05, 0.1) is 29.9 Å². The maximum Gasteiger partial charge on any atom is 0.309 e. The largest absolute Gasteiger partial charge is 0.493 e. The Bertz CT molecular complexity index is 2170. The molecule has 5 bridgehead atoms. The number of ether oxygens (including phenoxy) is 1. The summed E-state index contributed by atoms with van der Waals surface area (Å²) in [7, 11) is 0.393. The highest BCUT2D eigenvalue weighted by atomic mass is 35.5. The van der Waals surface area contributed by atoms with Gasteiger partial charge in [-0.15, -0.1) is 0 Å². The number of hydrogen-bond acceptors (Lipinski definition) is 9. The molecule has 1 spiro atoms. The molecule has 320 valence electrons. The summed E-state index contributed by atoms with van der Waals surface area (Å²) in [6, 6.07) is 22.3. The summed E-state index contributed by atoms with van der Waals surface area (Å²) in [6.45, 7) is 10.3. The first kappa shape index (κ1) is 43.4. The lowest BCUT2D eigenvalue weighted by Gasteiger charge is -2.62. The van der Waals surface area contributed by atoms with Crippen LogP contribution in [0.5, 0.6) is 5.75 Å². The number of hydrogen-bond donors (Lipinski definition) is 3. The molecule has 6 aliphatic heterocycles. The molecule has 3 unspecified atom stereocenters. The molecule has 1 saturated carbocycles. The topological polar surface area (TPSA) is 148 Å². The highest BCUT2D eigenvalue weighted by Crippen LogP contribution is 2.69. The molecule has 0 aromatic heterocycles. The van der Waals surface area contributed by atoms with Crippen LogP contribution >= 0.6 is 11.6 Å². The SMILES string of the molecule is CC[C@H]1[C@@H]2C[C@H]3[C@@H]4N(C)c5ccccc5[C@]45C[C@@H](C2[C@H]5O)N3[C@@H]1O.CN1C(=O)CCS(=O)(=O)C1c1ccc(Cl)cc1.Cc1ccc(C)c(OCCCC(C)(C)C(=O)O)c1. The van der Waals surface area contributed by atoms with Crippen molar-refractivity contribution >= 4 is 39.0 Å². The van der Waals surface area contributed by atoms with Gasteiger partial charge in [0.25, 0.3) is 0 Å². The molecule has 1 amide bonds. The Balaban J connectivity index is 0.000000138. The van der Waals surface area contributed by atoms with Crippen LogP contribution in [-0.4, -0.2) is 102 Å². The first-order chi connectivity index (χ1) is 27.8. The monoisotopic (exact) mass is 849 g/mol. The fraction of sp³-hybridized carbons (Fsp3) is 0.565. The lowest BCUT2D eigenvalue weighted by Crippen LogP contribution is -2.72. The number of aliphatic hydroxyl groups excluding tert-OH is 2. The third kappa shape index (κ3) is 7.45. The van der Waals surface area contributed by atoms with Crippen molar-refractivity contribution in [2.75, 3.05) is 31.4 Å². The Morgan fingerprint density at radius 3 is 2.37 bits per heavy atom. The zero-order valence-corrected chi connectivity index (χ0v) is 36.8. The first-order valence-corrected chi connectivity index (χ1v) is 23.1. The number of sulfone groups is 1. The minimum atomic E-state index is -3.31. The minimum absolute atomic E-state index is 0.0585. The second-order valence-corrected chi connectivity index (χ2v) is 20.9. The maximum absolute atomic E-state index is 12.0. The number of para-hydroxylation sites is 1. The van der Waals surface area contributed by atoms with Gasteiger partial charge in [0, 0.05) is 60.6 Å². The summed E-state index contributed by atoms with van der Waals surface area (Å²) in [6.07, 6.45) is 3.97. The van der Waals surface area contributed by atoms with Crippen molar-refractivity contribution in [2.24, 2.45) is 23.2 Å². The molecule has 10 rings (SSSR count). The first-order valence-electron chi connectivity index (χ1n) is 21.0. The molecule has 13 heteroatoms. The summed E-state index contributed by atoms with van der Waals surface area (Å²) < 4.78 is 29.7. The maximum atomic E-state index is 12.0. The van der Waals surface area contributed by atoms with Gasteiger partial charge in [-0.3, -0.25) is 14.5 Å². The summed E-state index contributed by atoms with van der Waals surface area (Å²) in [5.74, 6) is 1.03. The smallest absolute Gasteiger partial charge is 0.309 e. The third-order valence-electron chi connectivity index (χ3n) is 14.4. The number of amides is 1. The summed E-state index contributed by atoms with van der Waals surface area (Å²) in [5.41, 5.74) is 4.69. The van der Waals surface area contributed by atoms with Crippen LogP contribution < -0.4 is 9.64 Å². The van der Waals surface area contributed by atoms with Crippen LogP contribution in [0.15, 0.2) is 66.7 Å². The molecule has 6 fully saturated rings. The molecule has 3 aromatic rings. The Hall–Kier alpha value is -3.68. The molecule has 11 nitrogen and oxygen atoms in total. The van der Waals surface area contributed by atoms with E-state index in [0.717, 1.165) is 37.0 Å². The lowest BCUT2D eigenvalue weighted by atomic mass is 9.62. The number of carboxylic acids is 1. The van der Waals surface area contributed by atoms with E-state index in [2.05, 4.69) is 54.1 Å². The van der Waals surface area contributed by atoms with Crippen molar-refractivity contribution in [3.63, 3.8) is 0 Å². The fourth-order valence-electron chi connectivity index (χ4n) is 11.5. The highest BCUT2D eigenvalue weighted by molar-refractivity contribution is 7.91. The number of carboxylic acid groups (broad SMARTS) is 1. The number of aryl methyl sites for hydroxylation is 2. The van der Waals surface area contributed by atoms with Crippen LogP contribution in [0.2, 0.25) is 5.02 Å². The standard InChI is InChI=1S/C20H26N2O2.C15H22O3.C11H12ClNO3S/c1-3-10-11-8-14-17-20(12-6-4-5-7-13(12)21(17)2)9-15(16(11)18(20)23)22(14)19(10)24;1-11-6-7-12(2)13(10-11)18-9-5-8-15(3,4)14(16)17;1-13-10(14)6-7-17(15,16)11(13)8-2-4-9(12)5-3-8/h4-7,10-11,14-19,23-24H,3,8-9H2,1-2H3;6-7,10H,5,8-9H2,1-4H3,(H,16,17);2-5,11H,6-7H2,1H3/t10-,11-,14-,15-,16?,17-,18+,19+,20+;;/m0../s1. The third-order valence-corrected chi connectivity index (χ3v) is 16.7. The minimum Gasteiger partial charge on any atom is -0.493 e. The molecule has 59 heavy (non-hydrogen) atoms. The number of aliphatic hydroxyl groups is 2. The number of piperidine rings is 4. The van der Waals surface area contributed by atoms with Gasteiger partial charge < -0.3 is 29.9 Å². The van der Waals surface area contributed by atoms with Crippen LogP contribution in [-0.2, 0) is 24.8 Å². The number of rotatable bonds is 8. The van der Waals surface area contributed by atoms with E-state index in [1.807, 2.05) is 26.0 Å². The van der Waals surface area contributed by atoms with Gasteiger partial charge in [0.2, 0.25) is 5.91 Å². The van der Waals surface area contributed by atoms with Gasteiger partial charge in [-0.2, -0.15) is 0 Å². The van der Waals surface area contributed by atoms with E-state index in [0.29, 0.717) is 59.5 Å². The zero-order chi connectivity index (χ0) is 42.8. The molecule has 3 aromatic carbocycles. The number of carbonyl (C=O) groups is 2. The van der Waals surface area contributed by atoms with Crippen molar-refractivity contribution in [2.45, 2.75) is 114 Å². The molecule has 7 aliphatic rings. The van der Waals surface area contributed by atoms with E-state index in [1.165, 1.54) is 28.8 Å². The lowest BCUT2D eigenvalue weighted by molar-refractivity contribution is -0.211. The number of likely N-dealkylation sites (N-methyl/N-ethyl adjacent to an activating group) is 1. The van der Waals surface area contributed by atoms with Crippen molar-refractivity contribution in [3.05, 3.63) is 94.0 Å². The molecule has 1 aliphatic carbocycles. The average Bonchev–Trinajstić information content (AvgIpc) is 3.58. The van der Waals surface area contributed by atoms with E-state index >= 15 is 0 Å². The summed E-state index contributed by atoms with van der Waals surface area (Å²) in [5, 5.41) is 31.3. The van der Waals surface area contributed by atoms with Gasteiger partial charge in [-0.1, -0.05) is 61.0 Å². The molecule has 3 N–H and O–H groups in total.